The van der Waals surface area contributed by atoms with Crippen molar-refractivity contribution in [3.63, 3.8) is 0 Å². The van der Waals surface area contributed by atoms with Crippen LogP contribution in [0.4, 0.5) is 0 Å². The van der Waals surface area contributed by atoms with Gasteiger partial charge in [-0.2, -0.15) is 0 Å². The normalized spacial score (nSPS) is 12.1. The molecule has 0 aliphatic heterocycles. The second-order valence-corrected chi connectivity index (χ2v) is 3.96. The number of carbonyl (C=O) groups excluding carboxylic acids is 1. The molecule has 5 heteroatoms. The zero-order chi connectivity index (χ0) is 10.7. The minimum absolute atomic E-state index is 0.108. The Hall–Kier alpha value is -1.36. The number of amides is 1. The minimum Gasteiger partial charge on any atom is -0.477 e. The molecule has 1 heterocycles. The third-order valence-corrected chi connectivity index (χ3v) is 3.16. The molecule has 4 nitrogen and oxygen atoms in total. The Balaban J connectivity index is 2.86. The molecule has 1 rings (SSSR count). The zero-order valence-corrected chi connectivity index (χ0v) is 8.72. The first kappa shape index (κ1) is 10.7. The van der Waals surface area contributed by atoms with Gasteiger partial charge in [0.2, 0.25) is 5.91 Å². The molecule has 1 amide bonds. The highest BCUT2D eigenvalue weighted by atomic mass is 32.1. The Morgan fingerprint density at radius 2 is 2.14 bits per heavy atom. The average molecular weight is 213 g/mol. The van der Waals surface area contributed by atoms with Gasteiger partial charge in [-0.05, 0) is 19.1 Å². The predicted octanol–water partition coefficient (Wildman–Crippen LogP) is 1.30. The third-order valence-electron chi connectivity index (χ3n) is 1.90. The highest BCUT2D eigenvalue weighted by Crippen LogP contribution is 2.24. The van der Waals surface area contributed by atoms with E-state index in [9.17, 15) is 9.59 Å². The summed E-state index contributed by atoms with van der Waals surface area (Å²) in [7, 11) is 1.56. The van der Waals surface area contributed by atoms with Crippen molar-refractivity contribution in [2.75, 3.05) is 7.05 Å². The lowest BCUT2D eigenvalue weighted by molar-refractivity contribution is -0.121. The average Bonchev–Trinajstić information content (AvgIpc) is 2.64. The van der Waals surface area contributed by atoms with Crippen molar-refractivity contribution >= 4 is 23.2 Å². The van der Waals surface area contributed by atoms with Gasteiger partial charge in [0.05, 0.1) is 5.92 Å². The molecular formula is C9H11NO3S. The van der Waals surface area contributed by atoms with Crippen molar-refractivity contribution in [3.8, 4) is 0 Å². The molecule has 0 radical (unpaired) electrons. The number of aromatic carboxylic acids is 1. The largest absolute Gasteiger partial charge is 0.477 e. The SMILES string of the molecule is CNC(=O)[C@H](C)c1ccc(C(=O)O)s1. The maximum absolute atomic E-state index is 11.2. The minimum atomic E-state index is -0.953. The summed E-state index contributed by atoms with van der Waals surface area (Å²) in [6.45, 7) is 1.75. The van der Waals surface area contributed by atoms with Gasteiger partial charge in [0.1, 0.15) is 4.88 Å². The molecule has 14 heavy (non-hydrogen) atoms. The van der Waals surface area contributed by atoms with Crippen LogP contribution in [0.1, 0.15) is 27.4 Å². The van der Waals surface area contributed by atoms with E-state index < -0.39 is 5.97 Å². The molecule has 0 unspecified atom stereocenters. The zero-order valence-electron chi connectivity index (χ0n) is 7.90. The van der Waals surface area contributed by atoms with Gasteiger partial charge >= 0.3 is 5.97 Å². The van der Waals surface area contributed by atoms with Crippen LogP contribution in [-0.4, -0.2) is 24.0 Å². The standard InChI is InChI=1S/C9H11NO3S/c1-5(8(11)10-2)6-3-4-7(14-6)9(12)13/h3-5H,1-2H3,(H,10,11)(H,12,13)/t5-/m1/s1. The molecule has 0 bridgehead atoms. The number of rotatable bonds is 3. The van der Waals surface area contributed by atoms with Gasteiger partial charge in [-0.25, -0.2) is 4.79 Å². The number of carbonyl (C=O) groups is 2. The summed E-state index contributed by atoms with van der Waals surface area (Å²) in [5.74, 6) is -1.35. The Morgan fingerprint density at radius 3 is 2.57 bits per heavy atom. The first-order chi connectivity index (χ1) is 6.56. The summed E-state index contributed by atoms with van der Waals surface area (Å²) in [5, 5.41) is 11.2. The van der Waals surface area contributed by atoms with Crippen molar-refractivity contribution in [2.24, 2.45) is 0 Å². The Morgan fingerprint density at radius 1 is 1.50 bits per heavy atom. The van der Waals surface area contributed by atoms with Crippen LogP contribution in [0.2, 0.25) is 0 Å². The van der Waals surface area contributed by atoms with Gasteiger partial charge in [-0.15, -0.1) is 11.3 Å². The maximum Gasteiger partial charge on any atom is 0.345 e. The molecule has 0 fully saturated rings. The highest BCUT2D eigenvalue weighted by Gasteiger charge is 2.17. The topological polar surface area (TPSA) is 66.4 Å². The second-order valence-electron chi connectivity index (χ2n) is 2.84. The Bertz CT molecular complexity index is 359. The molecule has 2 N–H and O–H groups in total. The van der Waals surface area contributed by atoms with Crippen molar-refractivity contribution in [1.82, 2.24) is 5.32 Å². The fraction of sp³-hybridized carbons (Fsp3) is 0.333. The van der Waals surface area contributed by atoms with Crippen LogP contribution in [0.5, 0.6) is 0 Å². The van der Waals surface area contributed by atoms with Gasteiger partial charge < -0.3 is 10.4 Å². The smallest absolute Gasteiger partial charge is 0.345 e. The van der Waals surface area contributed by atoms with Crippen LogP contribution < -0.4 is 5.32 Å². The third kappa shape index (κ3) is 2.11. The number of hydrogen-bond donors (Lipinski definition) is 2. The van der Waals surface area contributed by atoms with Crippen LogP contribution in [0.3, 0.4) is 0 Å². The number of carboxylic acid groups (broad SMARTS) is 1. The molecule has 0 aliphatic carbocycles. The van der Waals surface area contributed by atoms with E-state index in [0.29, 0.717) is 0 Å². The number of carboxylic acids is 1. The molecule has 0 saturated heterocycles. The first-order valence-electron chi connectivity index (χ1n) is 4.11. The van der Waals surface area contributed by atoms with Crippen LogP contribution in [0.15, 0.2) is 12.1 Å². The summed E-state index contributed by atoms with van der Waals surface area (Å²) in [6.07, 6.45) is 0. The molecule has 76 valence electrons. The monoisotopic (exact) mass is 213 g/mol. The molecule has 0 aromatic carbocycles. The van der Waals surface area contributed by atoms with Crippen LogP contribution in [0.25, 0.3) is 0 Å². The fourth-order valence-electron chi connectivity index (χ4n) is 1.05. The number of nitrogens with one attached hydrogen (secondary N) is 1. The van der Waals surface area contributed by atoms with Gasteiger partial charge in [0, 0.05) is 11.9 Å². The van der Waals surface area contributed by atoms with Crippen LogP contribution >= 0.6 is 11.3 Å². The summed E-state index contributed by atoms with van der Waals surface area (Å²) in [4.78, 5) is 22.9. The summed E-state index contributed by atoms with van der Waals surface area (Å²) in [6, 6.07) is 3.19. The molecule has 1 atom stereocenters. The Labute approximate surface area is 85.6 Å². The molecule has 1 aromatic rings. The van der Waals surface area contributed by atoms with E-state index in [-0.39, 0.29) is 16.7 Å². The van der Waals surface area contributed by atoms with Crippen molar-refractivity contribution in [2.45, 2.75) is 12.8 Å². The second kappa shape index (κ2) is 4.23. The van der Waals surface area contributed by atoms with Gasteiger partial charge in [0.15, 0.2) is 0 Å². The van der Waals surface area contributed by atoms with E-state index in [0.717, 1.165) is 16.2 Å². The molecule has 0 aliphatic rings. The van der Waals surface area contributed by atoms with Gasteiger partial charge in [-0.3, -0.25) is 4.79 Å². The molecular weight excluding hydrogens is 202 g/mol. The maximum atomic E-state index is 11.2. The van der Waals surface area contributed by atoms with E-state index in [1.54, 1.807) is 20.0 Å². The van der Waals surface area contributed by atoms with Crippen LogP contribution in [-0.2, 0) is 4.79 Å². The first-order valence-corrected chi connectivity index (χ1v) is 4.92. The summed E-state index contributed by atoms with van der Waals surface area (Å²) < 4.78 is 0. The predicted molar refractivity (Wildman–Crippen MR) is 53.8 cm³/mol. The quantitative estimate of drug-likeness (QED) is 0.795. The molecule has 1 aromatic heterocycles. The van der Waals surface area contributed by atoms with E-state index >= 15 is 0 Å². The van der Waals surface area contributed by atoms with E-state index in [1.807, 2.05) is 0 Å². The molecule has 0 spiro atoms. The van der Waals surface area contributed by atoms with E-state index in [1.165, 1.54) is 6.07 Å². The molecule has 0 saturated carbocycles. The summed E-state index contributed by atoms with van der Waals surface area (Å²) >= 11 is 1.13. The highest BCUT2D eigenvalue weighted by molar-refractivity contribution is 7.14. The fourth-order valence-corrected chi connectivity index (χ4v) is 1.94. The summed E-state index contributed by atoms with van der Waals surface area (Å²) in [5.41, 5.74) is 0. The lowest BCUT2D eigenvalue weighted by Gasteiger charge is -2.05. The Kier molecular flexibility index (Phi) is 3.24. The lowest BCUT2D eigenvalue weighted by Crippen LogP contribution is -2.23. The van der Waals surface area contributed by atoms with Crippen molar-refractivity contribution in [3.05, 3.63) is 21.9 Å². The number of hydrogen-bond acceptors (Lipinski definition) is 3. The van der Waals surface area contributed by atoms with Crippen molar-refractivity contribution in [1.29, 1.82) is 0 Å². The van der Waals surface area contributed by atoms with Crippen molar-refractivity contribution < 1.29 is 14.7 Å². The number of thiophene rings is 1. The van der Waals surface area contributed by atoms with E-state index in [4.69, 9.17) is 5.11 Å². The number of likely N-dealkylation sites (N-methyl/N-ethyl adjacent to an activating group) is 1. The van der Waals surface area contributed by atoms with Gasteiger partial charge in [0.25, 0.3) is 0 Å². The lowest BCUT2D eigenvalue weighted by atomic mass is 10.1. The van der Waals surface area contributed by atoms with Gasteiger partial charge in [-0.1, -0.05) is 0 Å². The van der Waals surface area contributed by atoms with Crippen LogP contribution in [0, 0.1) is 0 Å². The van der Waals surface area contributed by atoms with E-state index in [2.05, 4.69) is 5.32 Å².